The molecule has 0 unspecified atom stereocenters. The summed E-state index contributed by atoms with van der Waals surface area (Å²) in [6.07, 6.45) is 8.37. The Morgan fingerprint density at radius 2 is 2.14 bits per heavy atom. The monoisotopic (exact) mass is 372 g/mol. The van der Waals surface area contributed by atoms with Crippen molar-refractivity contribution in [3.8, 4) is 6.07 Å². The number of H-pyrrole nitrogens is 1. The van der Waals surface area contributed by atoms with Crippen molar-refractivity contribution in [3.63, 3.8) is 0 Å². The van der Waals surface area contributed by atoms with Gasteiger partial charge < -0.3 is 10.3 Å². The van der Waals surface area contributed by atoms with Crippen molar-refractivity contribution in [2.24, 2.45) is 5.92 Å². The topological polar surface area (TPSA) is 108 Å². The Balaban J connectivity index is 1.46. The minimum Gasteiger partial charge on any atom is -0.367 e. The van der Waals surface area contributed by atoms with E-state index in [0.717, 1.165) is 47.7 Å². The van der Waals surface area contributed by atoms with Crippen molar-refractivity contribution in [1.29, 1.82) is 5.26 Å². The molecule has 28 heavy (non-hydrogen) atoms. The summed E-state index contributed by atoms with van der Waals surface area (Å²) in [6.45, 7) is 2.23. The van der Waals surface area contributed by atoms with Gasteiger partial charge in [-0.15, -0.1) is 10.2 Å². The first-order chi connectivity index (χ1) is 13.8. The number of aromatic nitrogens is 6. The van der Waals surface area contributed by atoms with Crippen LogP contribution in [0, 0.1) is 17.2 Å². The van der Waals surface area contributed by atoms with E-state index in [-0.39, 0.29) is 0 Å². The second-order valence-electron chi connectivity index (χ2n) is 7.35. The molecule has 4 heterocycles. The maximum absolute atomic E-state index is 8.93. The lowest BCUT2D eigenvalue weighted by atomic mass is 9.93. The number of pyridine rings is 1. The third kappa shape index (κ3) is 2.67. The molecule has 0 radical (unpaired) electrons. The fraction of sp³-hybridized carbons (Fsp3) is 0.350. The lowest BCUT2D eigenvalue weighted by molar-refractivity contribution is 0.451. The SMILES string of the molecule is CC[C@H]1C[C@@H](Nc2ccc(C#N)cn2)C[C@H]1c1nnc2cnc3[nH]ccc3n12. The zero-order valence-electron chi connectivity index (χ0n) is 15.5. The third-order valence-electron chi connectivity index (χ3n) is 5.76. The molecule has 0 spiro atoms. The third-order valence-corrected chi connectivity index (χ3v) is 5.76. The van der Waals surface area contributed by atoms with Crippen LogP contribution in [0.15, 0.2) is 36.8 Å². The van der Waals surface area contributed by atoms with Crippen molar-refractivity contribution in [3.05, 3.63) is 48.2 Å². The Bertz CT molecular complexity index is 1170. The van der Waals surface area contributed by atoms with Gasteiger partial charge in [-0.1, -0.05) is 13.3 Å². The molecular formula is C20H20N8. The Hall–Kier alpha value is -3.47. The van der Waals surface area contributed by atoms with Crippen LogP contribution in [0.25, 0.3) is 16.8 Å². The van der Waals surface area contributed by atoms with Gasteiger partial charge in [-0.2, -0.15) is 5.26 Å². The first-order valence-corrected chi connectivity index (χ1v) is 9.56. The number of fused-ring (bicyclic) bond motifs is 3. The number of aromatic amines is 1. The Labute approximate surface area is 161 Å². The molecule has 1 aliphatic carbocycles. The molecule has 2 N–H and O–H groups in total. The minimum atomic E-state index is 0.311. The number of hydrogen-bond donors (Lipinski definition) is 2. The molecule has 1 aliphatic rings. The summed E-state index contributed by atoms with van der Waals surface area (Å²) in [5.74, 6) is 2.65. The Morgan fingerprint density at radius 3 is 2.93 bits per heavy atom. The van der Waals surface area contributed by atoms with Gasteiger partial charge in [-0.25, -0.2) is 9.97 Å². The van der Waals surface area contributed by atoms with Gasteiger partial charge in [-0.05, 0) is 37.0 Å². The van der Waals surface area contributed by atoms with Crippen LogP contribution >= 0.6 is 0 Å². The van der Waals surface area contributed by atoms with Crippen LogP contribution in [0.1, 0.15) is 43.5 Å². The molecule has 0 amide bonds. The second-order valence-corrected chi connectivity index (χ2v) is 7.35. The summed E-state index contributed by atoms with van der Waals surface area (Å²) in [7, 11) is 0. The standard InChI is InChI=1S/C20H20N8/c1-2-13-7-14(25-17-4-3-12(9-21)10-23-17)8-15(13)20-27-26-18-11-24-19-16(28(18)20)5-6-22-19/h3-6,10-11,13-15,22H,2,7-8H2,1H3,(H,23,25)/t13-,14+,15+/m0/s1. The van der Waals surface area contributed by atoms with Gasteiger partial charge in [0.2, 0.25) is 0 Å². The van der Waals surface area contributed by atoms with Crippen LogP contribution in [-0.4, -0.2) is 35.6 Å². The van der Waals surface area contributed by atoms with Gasteiger partial charge in [0.25, 0.3) is 0 Å². The molecule has 0 saturated heterocycles. The van der Waals surface area contributed by atoms with E-state index in [1.54, 1.807) is 18.5 Å². The highest BCUT2D eigenvalue weighted by Crippen LogP contribution is 2.42. The molecule has 4 aromatic heterocycles. The highest BCUT2D eigenvalue weighted by Gasteiger charge is 2.37. The zero-order valence-corrected chi connectivity index (χ0v) is 15.5. The Kier molecular flexibility index (Phi) is 3.93. The number of rotatable bonds is 4. The first-order valence-electron chi connectivity index (χ1n) is 9.56. The summed E-state index contributed by atoms with van der Waals surface area (Å²) in [5.41, 5.74) is 3.20. The fourth-order valence-electron chi connectivity index (χ4n) is 4.40. The molecule has 1 saturated carbocycles. The molecule has 3 atom stereocenters. The quantitative estimate of drug-likeness (QED) is 0.569. The van der Waals surface area contributed by atoms with Crippen LogP contribution in [-0.2, 0) is 0 Å². The van der Waals surface area contributed by atoms with E-state index in [0.29, 0.717) is 23.4 Å². The van der Waals surface area contributed by atoms with Crippen molar-refractivity contribution in [2.75, 3.05) is 5.32 Å². The van der Waals surface area contributed by atoms with Crippen LogP contribution in [0.3, 0.4) is 0 Å². The van der Waals surface area contributed by atoms with Gasteiger partial charge in [0.15, 0.2) is 11.3 Å². The van der Waals surface area contributed by atoms with Crippen LogP contribution < -0.4 is 5.32 Å². The molecule has 140 valence electrons. The van der Waals surface area contributed by atoms with E-state index in [2.05, 4.69) is 47.9 Å². The molecule has 0 aromatic carbocycles. The first kappa shape index (κ1) is 16.7. The van der Waals surface area contributed by atoms with Crippen molar-refractivity contribution >= 4 is 22.6 Å². The fourth-order valence-corrected chi connectivity index (χ4v) is 4.40. The Morgan fingerprint density at radius 1 is 1.21 bits per heavy atom. The molecule has 8 heteroatoms. The second kappa shape index (κ2) is 6.60. The maximum Gasteiger partial charge on any atom is 0.179 e. The van der Waals surface area contributed by atoms with E-state index in [4.69, 9.17) is 5.26 Å². The summed E-state index contributed by atoms with van der Waals surface area (Å²) in [5, 5.41) is 21.4. The number of nitrogens with zero attached hydrogens (tertiary/aromatic N) is 6. The van der Waals surface area contributed by atoms with Crippen LogP contribution in [0.4, 0.5) is 5.82 Å². The van der Waals surface area contributed by atoms with E-state index in [9.17, 15) is 0 Å². The molecule has 0 aliphatic heterocycles. The lowest BCUT2D eigenvalue weighted by Gasteiger charge is -2.15. The van der Waals surface area contributed by atoms with E-state index >= 15 is 0 Å². The number of anilines is 1. The van der Waals surface area contributed by atoms with E-state index in [1.165, 1.54) is 0 Å². The number of nitrogens with one attached hydrogen (secondary N) is 2. The summed E-state index contributed by atoms with van der Waals surface area (Å²) in [4.78, 5) is 11.9. The van der Waals surface area contributed by atoms with Gasteiger partial charge in [0, 0.05) is 24.4 Å². The highest BCUT2D eigenvalue weighted by molar-refractivity contribution is 5.74. The average molecular weight is 372 g/mol. The molecule has 0 bridgehead atoms. The van der Waals surface area contributed by atoms with Gasteiger partial charge in [0.1, 0.15) is 17.7 Å². The summed E-state index contributed by atoms with van der Waals surface area (Å²) < 4.78 is 2.13. The van der Waals surface area contributed by atoms with Crippen LogP contribution in [0.5, 0.6) is 0 Å². The summed E-state index contributed by atoms with van der Waals surface area (Å²) >= 11 is 0. The number of hydrogen-bond acceptors (Lipinski definition) is 6. The maximum atomic E-state index is 8.93. The zero-order chi connectivity index (χ0) is 19.1. The van der Waals surface area contributed by atoms with Crippen molar-refractivity contribution in [1.82, 2.24) is 29.5 Å². The lowest BCUT2D eigenvalue weighted by Crippen LogP contribution is -2.16. The van der Waals surface area contributed by atoms with E-state index < -0.39 is 0 Å². The molecule has 5 rings (SSSR count). The predicted octanol–water partition coefficient (Wildman–Crippen LogP) is 3.26. The average Bonchev–Trinajstić information content (AvgIpc) is 3.45. The number of nitriles is 1. The molecule has 8 nitrogen and oxygen atoms in total. The largest absolute Gasteiger partial charge is 0.367 e. The molecule has 4 aromatic rings. The smallest absolute Gasteiger partial charge is 0.179 e. The molecule has 1 fully saturated rings. The molecular weight excluding hydrogens is 352 g/mol. The minimum absolute atomic E-state index is 0.311. The van der Waals surface area contributed by atoms with Gasteiger partial charge >= 0.3 is 0 Å². The van der Waals surface area contributed by atoms with Crippen LogP contribution in [0.2, 0.25) is 0 Å². The highest BCUT2D eigenvalue weighted by atomic mass is 15.3. The predicted molar refractivity (Wildman–Crippen MR) is 105 cm³/mol. The van der Waals surface area contributed by atoms with Gasteiger partial charge in [0.05, 0.1) is 17.3 Å². The summed E-state index contributed by atoms with van der Waals surface area (Å²) in [6, 6.07) is 8.10. The normalized spacial score (nSPS) is 21.9. The van der Waals surface area contributed by atoms with Gasteiger partial charge in [-0.3, -0.25) is 4.40 Å². The van der Waals surface area contributed by atoms with E-state index in [1.807, 2.05) is 18.3 Å². The van der Waals surface area contributed by atoms with Crippen molar-refractivity contribution < 1.29 is 0 Å². The van der Waals surface area contributed by atoms with Crippen molar-refractivity contribution in [2.45, 2.75) is 38.1 Å².